The van der Waals surface area contributed by atoms with Crippen LogP contribution in [0.1, 0.15) is 0 Å². The average molecular weight is 164 g/mol. The van der Waals surface area contributed by atoms with E-state index in [9.17, 15) is 4.79 Å². The summed E-state index contributed by atoms with van der Waals surface area (Å²) in [5, 5.41) is 0. The Balaban J connectivity index is 2.12. The second kappa shape index (κ2) is 3.68. The summed E-state index contributed by atoms with van der Waals surface area (Å²) in [5.74, 6) is 0. The fourth-order valence-electron chi connectivity index (χ4n) is 0.591. The van der Waals surface area contributed by atoms with Gasteiger partial charge in [-0.05, 0) is 12.0 Å². The van der Waals surface area contributed by atoms with E-state index in [0.717, 1.165) is 0 Å². The summed E-state index contributed by atoms with van der Waals surface area (Å²) in [6.07, 6.45) is 0.979. The molecule has 10 heavy (non-hydrogen) atoms. The Morgan fingerprint density at radius 1 is 1.90 bits per heavy atom. The number of hydrogen-bond donors (Lipinski definition) is 0. The van der Waals surface area contributed by atoms with Gasteiger partial charge in [-0.3, -0.25) is 0 Å². The van der Waals surface area contributed by atoms with Crippen molar-refractivity contribution >= 4 is 18.2 Å². The van der Waals surface area contributed by atoms with Crippen LogP contribution in [-0.2, 0) is 13.7 Å². The summed E-state index contributed by atoms with van der Waals surface area (Å²) >= 11 is 1.24. The molecule has 0 amide bonds. The molecule has 1 heterocycles. The lowest BCUT2D eigenvalue weighted by molar-refractivity contribution is 0.103. The Labute approximate surface area is 63.0 Å². The Morgan fingerprint density at radius 3 is 3.20 bits per heavy atom. The monoisotopic (exact) mass is 164 g/mol. The van der Waals surface area contributed by atoms with E-state index < -0.39 is 6.16 Å². The first-order valence-electron chi connectivity index (χ1n) is 2.82. The lowest BCUT2D eigenvalue weighted by atomic mass is 10.4. The Kier molecular flexibility index (Phi) is 2.82. The smallest absolute Gasteiger partial charge is 0.430 e. The highest BCUT2D eigenvalue weighted by Gasteiger charge is 2.24. The maximum absolute atomic E-state index is 10.3. The fraction of sp³-hybridized carbons (Fsp3) is 0.800. The normalized spacial score (nSPS) is 24.1. The molecule has 0 bridgehead atoms. The van der Waals surface area contributed by atoms with Gasteiger partial charge in [0.2, 0.25) is 0 Å². The third-order valence-electron chi connectivity index (χ3n) is 1.02. The molecular weight excluding hydrogens is 156 g/mol. The predicted molar refractivity (Wildman–Crippen MR) is 35.7 cm³/mol. The van der Waals surface area contributed by atoms with E-state index in [4.69, 9.17) is 4.18 Å². The molecule has 0 aromatic heterocycles. The average Bonchev–Trinajstić information content (AvgIpc) is 2.31. The third kappa shape index (κ3) is 2.07. The molecule has 0 aromatic rings. The van der Waals surface area contributed by atoms with Gasteiger partial charge in [-0.25, -0.2) is 4.79 Å². The lowest BCUT2D eigenvalue weighted by Gasteiger charge is -2.02. The minimum atomic E-state index is -0.602. The largest absolute Gasteiger partial charge is 0.508 e. The Bertz CT molecular complexity index is 127. The van der Waals surface area contributed by atoms with Crippen molar-refractivity contribution in [3.63, 3.8) is 0 Å². The molecule has 0 N–H and O–H groups in total. The maximum atomic E-state index is 10.3. The van der Waals surface area contributed by atoms with Gasteiger partial charge in [0, 0.05) is 6.26 Å². The summed E-state index contributed by atoms with van der Waals surface area (Å²) in [7, 11) is 0. The molecular formula is C5H8O4S. The molecule has 0 aliphatic carbocycles. The first kappa shape index (κ1) is 7.68. The van der Waals surface area contributed by atoms with E-state index in [1.807, 2.05) is 0 Å². The summed E-state index contributed by atoms with van der Waals surface area (Å²) in [5.41, 5.74) is 0. The van der Waals surface area contributed by atoms with Crippen molar-refractivity contribution in [2.75, 3.05) is 19.5 Å². The Hall–Kier alpha value is -0.420. The second-order valence-electron chi connectivity index (χ2n) is 1.75. The number of carbonyl (C=O) groups excluding carboxylic acids is 1. The van der Waals surface area contributed by atoms with E-state index in [1.165, 1.54) is 12.0 Å². The van der Waals surface area contributed by atoms with E-state index in [-0.39, 0.29) is 6.10 Å². The van der Waals surface area contributed by atoms with Crippen LogP contribution in [0.4, 0.5) is 4.79 Å². The fourth-order valence-corrected chi connectivity index (χ4v) is 0.879. The third-order valence-corrected chi connectivity index (χ3v) is 1.39. The quantitative estimate of drug-likeness (QED) is 0.456. The molecule has 0 aromatic carbocycles. The highest BCUT2D eigenvalue weighted by Crippen LogP contribution is 2.08. The number of ether oxygens (including phenoxy) is 2. The van der Waals surface area contributed by atoms with Gasteiger partial charge in [0.05, 0.1) is 0 Å². The van der Waals surface area contributed by atoms with E-state index in [2.05, 4.69) is 9.47 Å². The van der Waals surface area contributed by atoms with Crippen molar-refractivity contribution in [3.05, 3.63) is 0 Å². The lowest BCUT2D eigenvalue weighted by Crippen LogP contribution is -2.15. The van der Waals surface area contributed by atoms with Crippen molar-refractivity contribution in [1.82, 2.24) is 0 Å². The summed E-state index contributed by atoms with van der Waals surface area (Å²) in [6, 6.07) is 0. The number of rotatable bonds is 3. The Morgan fingerprint density at radius 2 is 2.70 bits per heavy atom. The van der Waals surface area contributed by atoms with Crippen LogP contribution in [0, 0.1) is 0 Å². The van der Waals surface area contributed by atoms with Crippen LogP contribution in [0.2, 0.25) is 0 Å². The van der Waals surface area contributed by atoms with Gasteiger partial charge < -0.3 is 13.7 Å². The summed E-state index contributed by atoms with van der Waals surface area (Å²) in [6.45, 7) is 0.701. The molecule has 0 saturated carbocycles. The molecule has 1 unspecified atom stereocenters. The molecule has 0 spiro atoms. The van der Waals surface area contributed by atoms with E-state index in [0.29, 0.717) is 13.2 Å². The first-order valence-corrected chi connectivity index (χ1v) is 3.97. The molecule has 1 aliphatic heterocycles. The highest BCUT2D eigenvalue weighted by molar-refractivity contribution is 7.93. The molecule has 1 atom stereocenters. The predicted octanol–water partition coefficient (Wildman–Crippen LogP) is 0.816. The van der Waals surface area contributed by atoms with Crippen molar-refractivity contribution in [2.45, 2.75) is 6.10 Å². The van der Waals surface area contributed by atoms with Crippen LogP contribution in [0.15, 0.2) is 0 Å². The standard InChI is InChI=1S/C5H8O4S/c1-10-8-3-4-2-7-5(6)9-4/h4H,2-3H2,1H3. The molecule has 5 heteroatoms. The topological polar surface area (TPSA) is 44.8 Å². The van der Waals surface area contributed by atoms with E-state index in [1.54, 1.807) is 6.26 Å². The zero-order chi connectivity index (χ0) is 7.40. The van der Waals surface area contributed by atoms with Crippen LogP contribution < -0.4 is 0 Å². The van der Waals surface area contributed by atoms with Crippen LogP contribution in [0.3, 0.4) is 0 Å². The molecule has 1 aliphatic rings. The number of carbonyl (C=O) groups is 1. The molecule has 0 radical (unpaired) electrons. The minimum Gasteiger partial charge on any atom is -0.430 e. The van der Waals surface area contributed by atoms with Crippen LogP contribution in [0.5, 0.6) is 0 Å². The minimum absolute atomic E-state index is 0.222. The van der Waals surface area contributed by atoms with Crippen LogP contribution in [-0.4, -0.2) is 31.7 Å². The van der Waals surface area contributed by atoms with Crippen LogP contribution in [0.25, 0.3) is 0 Å². The first-order chi connectivity index (χ1) is 4.83. The molecule has 58 valence electrons. The van der Waals surface area contributed by atoms with Crippen LogP contribution >= 0.6 is 12.0 Å². The highest BCUT2D eigenvalue weighted by atomic mass is 32.2. The molecule has 1 saturated heterocycles. The summed E-state index contributed by atoms with van der Waals surface area (Å²) in [4.78, 5) is 10.3. The molecule has 4 nitrogen and oxygen atoms in total. The van der Waals surface area contributed by atoms with Gasteiger partial charge in [-0.1, -0.05) is 0 Å². The summed E-state index contributed by atoms with van der Waals surface area (Å²) < 4.78 is 14.1. The second-order valence-corrected chi connectivity index (χ2v) is 2.32. The van der Waals surface area contributed by atoms with Crippen molar-refractivity contribution in [1.29, 1.82) is 0 Å². The van der Waals surface area contributed by atoms with Gasteiger partial charge in [0.25, 0.3) is 0 Å². The van der Waals surface area contributed by atoms with Crippen molar-refractivity contribution < 1.29 is 18.5 Å². The van der Waals surface area contributed by atoms with Gasteiger partial charge in [0.1, 0.15) is 13.2 Å². The van der Waals surface area contributed by atoms with Crippen molar-refractivity contribution in [3.8, 4) is 0 Å². The zero-order valence-electron chi connectivity index (χ0n) is 5.53. The number of cyclic esters (lactones) is 2. The van der Waals surface area contributed by atoms with Crippen molar-refractivity contribution in [2.24, 2.45) is 0 Å². The molecule has 1 fully saturated rings. The number of hydrogen-bond acceptors (Lipinski definition) is 5. The van der Waals surface area contributed by atoms with Gasteiger partial charge in [-0.15, -0.1) is 0 Å². The molecule has 1 rings (SSSR count). The zero-order valence-corrected chi connectivity index (χ0v) is 6.35. The van der Waals surface area contributed by atoms with Gasteiger partial charge in [-0.2, -0.15) is 0 Å². The maximum Gasteiger partial charge on any atom is 0.508 e. The van der Waals surface area contributed by atoms with Gasteiger partial charge >= 0.3 is 6.16 Å². The SMILES string of the molecule is CSOCC1COC(=O)O1. The van der Waals surface area contributed by atoms with E-state index >= 15 is 0 Å². The van der Waals surface area contributed by atoms with Gasteiger partial charge in [0.15, 0.2) is 6.10 Å².